The molecule has 0 radical (unpaired) electrons. The van der Waals surface area contributed by atoms with E-state index >= 15 is 0 Å². The van der Waals surface area contributed by atoms with Gasteiger partial charge in [-0.15, -0.1) is 20.4 Å². The molecule has 0 atom stereocenters. The second-order valence-electron chi connectivity index (χ2n) is 5.52. The molecule has 2 rings (SSSR count). The lowest BCUT2D eigenvalue weighted by molar-refractivity contribution is 0.631. The summed E-state index contributed by atoms with van der Waals surface area (Å²) in [6.45, 7) is 6.35. The van der Waals surface area contributed by atoms with Crippen LogP contribution in [0.5, 0.6) is 0 Å². The molecule has 2 aromatic rings. The molecular formula is C12H20N6S3. The van der Waals surface area contributed by atoms with E-state index in [9.17, 15) is 0 Å². The van der Waals surface area contributed by atoms with E-state index in [1.807, 2.05) is 11.8 Å². The number of nitrogens with two attached hydrogens (primary N) is 1. The van der Waals surface area contributed by atoms with E-state index in [-0.39, 0.29) is 5.54 Å². The normalized spacial score (nSPS) is 11.8. The number of rotatable bonds is 7. The van der Waals surface area contributed by atoms with Crippen LogP contribution in [0.2, 0.25) is 0 Å². The molecule has 2 aromatic heterocycles. The van der Waals surface area contributed by atoms with Gasteiger partial charge in [-0.1, -0.05) is 22.7 Å². The van der Waals surface area contributed by atoms with Crippen LogP contribution in [0.25, 0.3) is 0 Å². The molecule has 21 heavy (non-hydrogen) atoms. The van der Waals surface area contributed by atoms with Crippen molar-refractivity contribution < 1.29 is 0 Å². The Morgan fingerprint density at radius 1 is 1.00 bits per heavy atom. The van der Waals surface area contributed by atoms with Gasteiger partial charge < -0.3 is 11.1 Å². The van der Waals surface area contributed by atoms with Crippen LogP contribution in [-0.2, 0) is 12.8 Å². The zero-order valence-corrected chi connectivity index (χ0v) is 14.9. The highest BCUT2D eigenvalue weighted by Gasteiger charge is 2.12. The molecular weight excluding hydrogens is 324 g/mol. The van der Waals surface area contributed by atoms with Gasteiger partial charge in [0, 0.05) is 18.4 Å². The Morgan fingerprint density at radius 3 is 2.19 bits per heavy atom. The summed E-state index contributed by atoms with van der Waals surface area (Å²) in [4.78, 5) is 0. The summed E-state index contributed by atoms with van der Waals surface area (Å²) in [6, 6.07) is 0. The van der Waals surface area contributed by atoms with Crippen molar-refractivity contribution in [1.82, 2.24) is 20.4 Å². The number of nitrogens with one attached hydrogen (secondary N) is 1. The Balaban J connectivity index is 1.64. The summed E-state index contributed by atoms with van der Waals surface area (Å²) in [6.07, 6.45) is 1.87. The van der Waals surface area contributed by atoms with Crippen LogP contribution in [0, 0.1) is 0 Å². The van der Waals surface area contributed by atoms with Gasteiger partial charge in [-0.3, -0.25) is 0 Å². The third kappa shape index (κ3) is 6.15. The molecule has 0 amide bonds. The standard InChI is InChI=1S/C12H20N6S3/c1-12(2,3)14-11-18-16-9(21-11)5-7-19-6-4-8-15-17-10(13)20-8/h4-7H2,1-3H3,(H2,13,17)(H,14,18). The molecule has 0 unspecified atom stereocenters. The summed E-state index contributed by atoms with van der Waals surface area (Å²) in [5, 5.41) is 23.1. The van der Waals surface area contributed by atoms with E-state index in [0.29, 0.717) is 5.13 Å². The molecule has 0 aliphatic heterocycles. The van der Waals surface area contributed by atoms with Crippen molar-refractivity contribution in [1.29, 1.82) is 0 Å². The van der Waals surface area contributed by atoms with Crippen molar-refractivity contribution >= 4 is 44.7 Å². The van der Waals surface area contributed by atoms with Crippen LogP contribution >= 0.6 is 34.4 Å². The predicted molar refractivity (Wildman–Crippen MR) is 92.3 cm³/mol. The highest BCUT2D eigenvalue weighted by Crippen LogP contribution is 2.21. The lowest BCUT2D eigenvalue weighted by atomic mass is 10.1. The van der Waals surface area contributed by atoms with E-state index in [2.05, 4.69) is 46.5 Å². The van der Waals surface area contributed by atoms with Crippen molar-refractivity contribution in [2.24, 2.45) is 0 Å². The molecule has 6 nitrogen and oxygen atoms in total. The molecule has 0 spiro atoms. The number of hydrogen-bond acceptors (Lipinski definition) is 9. The summed E-state index contributed by atoms with van der Waals surface area (Å²) in [7, 11) is 0. The first-order valence-electron chi connectivity index (χ1n) is 6.68. The molecule has 0 aliphatic rings. The molecule has 0 aliphatic carbocycles. The summed E-state index contributed by atoms with van der Waals surface area (Å²) >= 11 is 4.99. The van der Waals surface area contributed by atoms with Crippen molar-refractivity contribution in [3.8, 4) is 0 Å². The molecule has 2 heterocycles. The number of nitrogens with zero attached hydrogens (tertiary/aromatic N) is 4. The van der Waals surface area contributed by atoms with Crippen LogP contribution in [0.3, 0.4) is 0 Å². The second-order valence-corrected chi connectivity index (χ2v) is 8.90. The van der Waals surface area contributed by atoms with E-state index in [4.69, 9.17) is 5.73 Å². The monoisotopic (exact) mass is 344 g/mol. The number of nitrogen functional groups attached to an aromatic ring is 1. The minimum absolute atomic E-state index is 0.0230. The third-order valence-corrected chi connectivity index (χ3v) is 5.05. The van der Waals surface area contributed by atoms with Crippen molar-refractivity contribution in [2.45, 2.75) is 39.2 Å². The zero-order chi connectivity index (χ0) is 15.3. The third-order valence-electron chi connectivity index (χ3n) is 2.35. The lowest BCUT2D eigenvalue weighted by Crippen LogP contribution is -2.25. The van der Waals surface area contributed by atoms with Crippen LogP contribution in [0.15, 0.2) is 0 Å². The fourth-order valence-electron chi connectivity index (χ4n) is 1.51. The number of aromatic nitrogens is 4. The fraction of sp³-hybridized carbons (Fsp3) is 0.667. The fourth-order valence-corrected chi connectivity index (χ4v) is 4.21. The summed E-state index contributed by atoms with van der Waals surface area (Å²) in [5.74, 6) is 2.07. The highest BCUT2D eigenvalue weighted by atomic mass is 32.2. The van der Waals surface area contributed by atoms with E-state index in [1.54, 1.807) is 11.3 Å². The average Bonchev–Trinajstić information content (AvgIpc) is 2.96. The first kappa shape index (κ1) is 16.4. The second kappa shape index (κ2) is 7.37. The molecule has 0 saturated heterocycles. The topological polar surface area (TPSA) is 89.6 Å². The van der Waals surface area contributed by atoms with Gasteiger partial charge >= 0.3 is 0 Å². The Hall–Kier alpha value is -0.930. The molecule has 116 valence electrons. The van der Waals surface area contributed by atoms with Crippen LogP contribution in [0.1, 0.15) is 30.8 Å². The van der Waals surface area contributed by atoms with Crippen molar-refractivity contribution in [3.63, 3.8) is 0 Å². The molecule has 0 bridgehead atoms. The maximum absolute atomic E-state index is 5.55. The van der Waals surface area contributed by atoms with E-state index in [1.165, 1.54) is 11.3 Å². The number of hydrogen-bond donors (Lipinski definition) is 2. The van der Waals surface area contributed by atoms with Gasteiger partial charge in [0.05, 0.1) is 0 Å². The van der Waals surface area contributed by atoms with Crippen molar-refractivity contribution in [3.05, 3.63) is 10.0 Å². The summed E-state index contributed by atoms with van der Waals surface area (Å²) < 4.78 is 0. The quantitative estimate of drug-likeness (QED) is 0.746. The first-order valence-corrected chi connectivity index (χ1v) is 9.47. The molecule has 9 heteroatoms. The number of aryl methyl sites for hydroxylation is 2. The molecule has 3 N–H and O–H groups in total. The molecule has 0 fully saturated rings. The maximum atomic E-state index is 5.55. The van der Waals surface area contributed by atoms with Gasteiger partial charge in [0.15, 0.2) is 0 Å². The molecule has 0 saturated carbocycles. The first-order chi connectivity index (χ1) is 9.92. The van der Waals surface area contributed by atoms with Gasteiger partial charge in [0.25, 0.3) is 0 Å². The van der Waals surface area contributed by atoms with Crippen molar-refractivity contribution in [2.75, 3.05) is 22.6 Å². The van der Waals surface area contributed by atoms with E-state index in [0.717, 1.165) is 39.5 Å². The Bertz CT molecular complexity index is 559. The zero-order valence-electron chi connectivity index (χ0n) is 12.4. The summed E-state index contributed by atoms with van der Waals surface area (Å²) in [5.41, 5.74) is 5.57. The predicted octanol–water partition coefficient (Wildman–Crippen LogP) is 2.70. The van der Waals surface area contributed by atoms with Crippen LogP contribution in [0.4, 0.5) is 10.3 Å². The number of thioether (sulfide) groups is 1. The highest BCUT2D eigenvalue weighted by molar-refractivity contribution is 7.99. The lowest BCUT2D eigenvalue weighted by Gasteiger charge is -2.18. The smallest absolute Gasteiger partial charge is 0.206 e. The SMILES string of the molecule is CC(C)(C)Nc1nnc(CCSCCc2nnc(N)s2)s1. The van der Waals surface area contributed by atoms with Crippen LogP contribution < -0.4 is 11.1 Å². The van der Waals surface area contributed by atoms with Gasteiger partial charge in [-0.2, -0.15) is 11.8 Å². The Labute approximate surface area is 137 Å². The van der Waals surface area contributed by atoms with Gasteiger partial charge in [0.1, 0.15) is 10.0 Å². The largest absolute Gasteiger partial charge is 0.374 e. The maximum Gasteiger partial charge on any atom is 0.206 e. The minimum atomic E-state index is 0.0230. The van der Waals surface area contributed by atoms with Gasteiger partial charge in [0.2, 0.25) is 10.3 Å². The van der Waals surface area contributed by atoms with E-state index < -0.39 is 0 Å². The average molecular weight is 345 g/mol. The minimum Gasteiger partial charge on any atom is -0.374 e. The molecule has 0 aromatic carbocycles. The van der Waals surface area contributed by atoms with Gasteiger partial charge in [-0.25, -0.2) is 0 Å². The Morgan fingerprint density at radius 2 is 1.62 bits per heavy atom. The van der Waals surface area contributed by atoms with Gasteiger partial charge in [-0.05, 0) is 32.3 Å². The Kier molecular flexibility index (Phi) is 5.77. The number of anilines is 2. The van der Waals surface area contributed by atoms with Crippen LogP contribution in [-0.4, -0.2) is 37.4 Å².